The molecule has 0 aromatic heterocycles. The van der Waals surface area contributed by atoms with Crippen LogP contribution in [0, 0.1) is 5.82 Å². The molecule has 3 heteroatoms. The highest BCUT2D eigenvalue weighted by Crippen LogP contribution is 2.25. The van der Waals surface area contributed by atoms with Crippen LogP contribution in [-0.2, 0) is 12.3 Å². The zero-order valence-corrected chi connectivity index (χ0v) is 7.64. The van der Waals surface area contributed by atoms with Gasteiger partial charge >= 0.3 is 0 Å². The summed E-state index contributed by atoms with van der Waals surface area (Å²) in [5.74, 6) is -0.609. The fourth-order valence-electron chi connectivity index (χ4n) is 1.27. The van der Waals surface area contributed by atoms with E-state index in [1.54, 1.807) is 0 Å². The van der Waals surface area contributed by atoms with E-state index in [0.29, 0.717) is 5.56 Å². The van der Waals surface area contributed by atoms with Gasteiger partial charge in [0.25, 0.3) is 0 Å². The second kappa shape index (κ2) is 3.42. The Bertz CT molecular complexity index is 302. The van der Waals surface area contributed by atoms with Gasteiger partial charge in [0.15, 0.2) is 0 Å². The zero-order valence-electron chi connectivity index (χ0n) is 7.64. The Morgan fingerprint density at radius 1 is 1.38 bits per heavy atom. The van der Waals surface area contributed by atoms with Crippen LogP contribution in [0.25, 0.3) is 0 Å². The second-order valence-corrected chi connectivity index (χ2v) is 3.46. The number of halogens is 2. The van der Waals surface area contributed by atoms with E-state index in [1.165, 1.54) is 32.0 Å². The van der Waals surface area contributed by atoms with E-state index >= 15 is 0 Å². The van der Waals surface area contributed by atoms with E-state index in [2.05, 4.69) is 0 Å². The van der Waals surface area contributed by atoms with Gasteiger partial charge in [0.05, 0.1) is 5.60 Å². The maximum absolute atomic E-state index is 13.0. The van der Waals surface area contributed by atoms with Crippen molar-refractivity contribution in [2.24, 2.45) is 0 Å². The molecule has 13 heavy (non-hydrogen) atoms. The van der Waals surface area contributed by atoms with E-state index < -0.39 is 18.1 Å². The summed E-state index contributed by atoms with van der Waals surface area (Å²) in [7, 11) is 0. The molecule has 1 N–H and O–H groups in total. The number of rotatable bonds is 2. The minimum absolute atomic E-state index is 0.0602. The van der Waals surface area contributed by atoms with E-state index in [9.17, 15) is 13.9 Å². The summed E-state index contributed by atoms with van der Waals surface area (Å²) < 4.78 is 25.5. The minimum Gasteiger partial charge on any atom is -0.386 e. The SMILES string of the molecule is CC(C)(O)c1cccc(F)c1CF. The number of benzene rings is 1. The first-order valence-electron chi connectivity index (χ1n) is 4.03. The molecule has 0 spiro atoms. The van der Waals surface area contributed by atoms with Gasteiger partial charge in [0, 0.05) is 5.56 Å². The summed E-state index contributed by atoms with van der Waals surface area (Å²) in [6.07, 6.45) is 0. The molecule has 0 saturated heterocycles. The van der Waals surface area contributed by atoms with Crippen LogP contribution >= 0.6 is 0 Å². The van der Waals surface area contributed by atoms with Crippen molar-refractivity contribution in [3.05, 3.63) is 35.1 Å². The molecular weight excluding hydrogens is 174 g/mol. The lowest BCUT2D eigenvalue weighted by molar-refractivity contribution is 0.0764. The van der Waals surface area contributed by atoms with Gasteiger partial charge in [-0.3, -0.25) is 0 Å². The van der Waals surface area contributed by atoms with Crippen LogP contribution in [0.4, 0.5) is 8.78 Å². The summed E-state index contributed by atoms with van der Waals surface area (Å²) in [6.45, 7) is 2.11. The fourth-order valence-corrected chi connectivity index (χ4v) is 1.27. The number of alkyl halides is 1. The van der Waals surface area contributed by atoms with E-state index in [4.69, 9.17) is 0 Å². The van der Waals surface area contributed by atoms with Gasteiger partial charge in [0.1, 0.15) is 12.5 Å². The summed E-state index contributed by atoms with van der Waals surface area (Å²) in [5.41, 5.74) is -0.964. The first-order valence-corrected chi connectivity index (χ1v) is 4.03. The van der Waals surface area contributed by atoms with Crippen LogP contribution in [0.1, 0.15) is 25.0 Å². The molecule has 1 nitrogen and oxygen atoms in total. The maximum Gasteiger partial charge on any atom is 0.129 e. The molecule has 1 aromatic carbocycles. The molecule has 0 aliphatic heterocycles. The van der Waals surface area contributed by atoms with Crippen molar-refractivity contribution in [2.45, 2.75) is 26.1 Å². The van der Waals surface area contributed by atoms with Crippen LogP contribution in [0.15, 0.2) is 18.2 Å². The standard InChI is InChI=1S/C10H12F2O/c1-10(2,13)8-4-3-5-9(12)7(8)6-11/h3-5,13H,6H2,1-2H3. The molecule has 0 aliphatic carbocycles. The number of hydrogen-bond donors (Lipinski definition) is 1. The van der Waals surface area contributed by atoms with Gasteiger partial charge in [-0.2, -0.15) is 0 Å². The van der Waals surface area contributed by atoms with Crippen LogP contribution < -0.4 is 0 Å². The molecule has 1 rings (SSSR count). The molecule has 0 heterocycles. The average molecular weight is 186 g/mol. The van der Waals surface area contributed by atoms with Crippen molar-refractivity contribution in [3.63, 3.8) is 0 Å². The molecule has 0 atom stereocenters. The summed E-state index contributed by atoms with van der Waals surface area (Å²) in [4.78, 5) is 0. The highest BCUT2D eigenvalue weighted by Gasteiger charge is 2.21. The first-order chi connectivity index (χ1) is 5.96. The third-order valence-corrected chi connectivity index (χ3v) is 1.91. The highest BCUT2D eigenvalue weighted by atomic mass is 19.1. The Hall–Kier alpha value is -0.960. The van der Waals surface area contributed by atoms with Crippen LogP contribution in [-0.4, -0.2) is 5.11 Å². The fraction of sp³-hybridized carbons (Fsp3) is 0.400. The van der Waals surface area contributed by atoms with E-state index in [-0.39, 0.29) is 5.56 Å². The van der Waals surface area contributed by atoms with Crippen LogP contribution in [0.5, 0.6) is 0 Å². The van der Waals surface area contributed by atoms with Gasteiger partial charge in [-0.1, -0.05) is 12.1 Å². The van der Waals surface area contributed by atoms with E-state index in [1.807, 2.05) is 0 Å². The normalized spacial score (nSPS) is 11.8. The Morgan fingerprint density at radius 3 is 2.38 bits per heavy atom. The van der Waals surface area contributed by atoms with Gasteiger partial charge in [-0.05, 0) is 25.5 Å². The Kier molecular flexibility index (Phi) is 2.66. The highest BCUT2D eigenvalue weighted by molar-refractivity contribution is 5.32. The number of hydrogen-bond acceptors (Lipinski definition) is 1. The zero-order chi connectivity index (χ0) is 10.1. The molecule has 1 aromatic rings. The van der Waals surface area contributed by atoms with Gasteiger partial charge in [-0.15, -0.1) is 0 Å². The summed E-state index contributed by atoms with van der Waals surface area (Å²) >= 11 is 0. The van der Waals surface area contributed by atoms with Crippen molar-refractivity contribution in [1.29, 1.82) is 0 Å². The molecule has 0 fully saturated rings. The summed E-state index contributed by atoms with van der Waals surface area (Å²) in [6, 6.07) is 4.17. The smallest absolute Gasteiger partial charge is 0.129 e. The van der Waals surface area contributed by atoms with E-state index in [0.717, 1.165) is 0 Å². The van der Waals surface area contributed by atoms with Crippen molar-refractivity contribution < 1.29 is 13.9 Å². The predicted molar refractivity (Wildman–Crippen MR) is 46.5 cm³/mol. The largest absolute Gasteiger partial charge is 0.386 e. The predicted octanol–water partition coefficient (Wildman–Crippen LogP) is 2.52. The molecule has 72 valence electrons. The Balaban J connectivity index is 3.29. The van der Waals surface area contributed by atoms with Gasteiger partial charge in [0.2, 0.25) is 0 Å². The van der Waals surface area contributed by atoms with Crippen molar-refractivity contribution in [2.75, 3.05) is 0 Å². The third-order valence-electron chi connectivity index (χ3n) is 1.91. The lowest BCUT2D eigenvalue weighted by atomic mass is 9.93. The molecule has 0 saturated carbocycles. The second-order valence-electron chi connectivity index (χ2n) is 3.46. The quantitative estimate of drug-likeness (QED) is 0.752. The monoisotopic (exact) mass is 186 g/mol. The van der Waals surface area contributed by atoms with Crippen LogP contribution in [0.3, 0.4) is 0 Å². The average Bonchev–Trinajstić information content (AvgIpc) is 2.02. The molecule has 0 amide bonds. The lowest BCUT2D eigenvalue weighted by Crippen LogP contribution is -2.18. The van der Waals surface area contributed by atoms with Gasteiger partial charge in [-0.25, -0.2) is 8.78 Å². The molecule has 0 bridgehead atoms. The summed E-state index contributed by atoms with van der Waals surface area (Å²) in [5, 5.41) is 9.59. The molecule has 0 radical (unpaired) electrons. The maximum atomic E-state index is 13.0. The van der Waals surface area contributed by atoms with Crippen molar-refractivity contribution in [3.8, 4) is 0 Å². The van der Waals surface area contributed by atoms with Crippen molar-refractivity contribution in [1.82, 2.24) is 0 Å². The topological polar surface area (TPSA) is 20.2 Å². The van der Waals surface area contributed by atoms with Gasteiger partial charge < -0.3 is 5.11 Å². The first kappa shape index (κ1) is 10.1. The molecular formula is C10H12F2O. The van der Waals surface area contributed by atoms with Crippen LogP contribution in [0.2, 0.25) is 0 Å². The third kappa shape index (κ3) is 2.04. The molecule has 0 unspecified atom stereocenters. The Labute approximate surface area is 76.0 Å². The minimum atomic E-state index is -1.20. The molecule has 0 aliphatic rings. The number of aliphatic hydroxyl groups is 1. The van der Waals surface area contributed by atoms with Crippen molar-refractivity contribution >= 4 is 0 Å². The lowest BCUT2D eigenvalue weighted by Gasteiger charge is -2.20. The Morgan fingerprint density at radius 2 is 2.00 bits per heavy atom.